The highest BCUT2D eigenvalue weighted by Gasteiger charge is 2.16. The van der Waals surface area contributed by atoms with Gasteiger partial charge in [-0.1, -0.05) is 29.8 Å². The fraction of sp³-hybridized carbons (Fsp3) is 0.192. The van der Waals surface area contributed by atoms with Crippen molar-refractivity contribution in [3.63, 3.8) is 0 Å². The fourth-order valence-electron chi connectivity index (χ4n) is 3.86. The van der Waals surface area contributed by atoms with Crippen LogP contribution in [0.2, 0.25) is 0 Å². The summed E-state index contributed by atoms with van der Waals surface area (Å²) >= 11 is 0. The minimum absolute atomic E-state index is 0.256. The second-order valence-corrected chi connectivity index (χ2v) is 7.80. The van der Waals surface area contributed by atoms with Gasteiger partial charge in [-0.25, -0.2) is 0 Å². The quantitative estimate of drug-likeness (QED) is 0.371. The summed E-state index contributed by atoms with van der Waals surface area (Å²) in [4.78, 5) is 32.7. The second-order valence-electron chi connectivity index (χ2n) is 7.80. The molecule has 2 aromatic heterocycles. The summed E-state index contributed by atoms with van der Waals surface area (Å²) < 4.78 is 5.19. The van der Waals surface area contributed by atoms with Gasteiger partial charge in [0.1, 0.15) is 5.75 Å². The number of rotatable bonds is 7. The molecule has 0 saturated carbocycles. The standard InChI is InChI=1S/C26H26N4O3/c1-17-13-14-21-20(16-17)18(25(28-21)22-10-5-6-15-27-22)9-7-12-24(31)29-30-26(32)19-8-3-4-11-23(19)33-2/h3-6,8,10-11,13-16,28H,7,9,12H2,1-2H3,(H,29,31)(H,30,32). The number of methoxy groups -OCH3 is 1. The van der Waals surface area contributed by atoms with Crippen molar-refractivity contribution in [1.82, 2.24) is 20.8 Å². The van der Waals surface area contributed by atoms with Crippen LogP contribution in [-0.4, -0.2) is 28.9 Å². The molecule has 4 aromatic rings. The van der Waals surface area contributed by atoms with Crippen molar-refractivity contribution in [2.75, 3.05) is 7.11 Å². The summed E-state index contributed by atoms with van der Waals surface area (Å²) in [5.74, 6) is -0.236. The van der Waals surface area contributed by atoms with E-state index in [2.05, 4.69) is 45.9 Å². The number of aromatic nitrogens is 2. The van der Waals surface area contributed by atoms with E-state index in [0.29, 0.717) is 24.2 Å². The van der Waals surface area contributed by atoms with Crippen LogP contribution in [-0.2, 0) is 11.2 Å². The summed E-state index contributed by atoms with van der Waals surface area (Å²) in [6.45, 7) is 2.06. The van der Waals surface area contributed by atoms with Crippen molar-refractivity contribution < 1.29 is 14.3 Å². The van der Waals surface area contributed by atoms with Crippen molar-refractivity contribution in [3.05, 3.63) is 83.6 Å². The Morgan fingerprint density at radius 2 is 1.85 bits per heavy atom. The lowest BCUT2D eigenvalue weighted by Crippen LogP contribution is -2.41. The molecule has 168 valence electrons. The van der Waals surface area contributed by atoms with Crippen LogP contribution in [0.15, 0.2) is 66.9 Å². The van der Waals surface area contributed by atoms with Crippen molar-refractivity contribution in [1.29, 1.82) is 0 Å². The molecule has 33 heavy (non-hydrogen) atoms. The van der Waals surface area contributed by atoms with Crippen LogP contribution in [0.3, 0.4) is 0 Å². The summed E-state index contributed by atoms with van der Waals surface area (Å²) in [6, 6.07) is 19.0. The molecule has 0 aliphatic rings. The third-order valence-corrected chi connectivity index (χ3v) is 5.48. The maximum absolute atomic E-state index is 12.4. The van der Waals surface area contributed by atoms with Gasteiger partial charge >= 0.3 is 0 Å². The van der Waals surface area contributed by atoms with Gasteiger partial charge in [0.15, 0.2) is 0 Å². The molecular weight excluding hydrogens is 416 g/mol. The number of benzene rings is 2. The van der Waals surface area contributed by atoms with Gasteiger partial charge < -0.3 is 9.72 Å². The highest BCUT2D eigenvalue weighted by Crippen LogP contribution is 2.31. The van der Waals surface area contributed by atoms with Crippen LogP contribution >= 0.6 is 0 Å². The third kappa shape index (κ3) is 5.03. The molecule has 0 bridgehead atoms. The van der Waals surface area contributed by atoms with E-state index < -0.39 is 5.91 Å². The van der Waals surface area contributed by atoms with Gasteiger partial charge in [0.25, 0.3) is 5.91 Å². The van der Waals surface area contributed by atoms with Crippen LogP contribution in [0.1, 0.15) is 34.3 Å². The van der Waals surface area contributed by atoms with Crippen LogP contribution in [0.4, 0.5) is 0 Å². The van der Waals surface area contributed by atoms with Crippen molar-refractivity contribution in [3.8, 4) is 17.1 Å². The number of H-pyrrole nitrogens is 1. The molecule has 7 heteroatoms. The van der Waals surface area contributed by atoms with Crippen LogP contribution in [0.5, 0.6) is 5.75 Å². The average Bonchev–Trinajstić information content (AvgIpc) is 3.20. The van der Waals surface area contributed by atoms with E-state index in [1.165, 1.54) is 12.7 Å². The zero-order chi connectivity index (χ0) is 23.2. The number of nitrogens with zero attached hydrogens (tertiary/aromatic N) is 1. The Kier molecular flexibility index (Phi) is 6.69. The predicted octanol–water partition coefficient (Wildman–Crippen LogP) is 4.33. The highest BCUT2D eigenvalue weighted by molar-refractivity contribution is 5.97. The third-order valence-electron chi connectivity index (χ3n) is 5.48. The van der Waals surface area contributed by atoms with Crippen molar-refractivity contribution in [2.45, 2.75) is 26.2 Å². The number of pyridine rings is 1. The molecule has 7 nitrogen and oxygen atoms in total. The number of aryl methyl sites for hydroxylation is 2. The molecule has 2 heterocycles. The number of para-hydroxylation sites is 1. The first-order valence-electron chi connectivity index (χ1n) is 10.8. The van der Waals surface area contributed by atoms with Crippen molar-refractivity contribution in [2.24, 2.45) is 0 Å². The lowest BCUT2D eigenvalue weighted by molar-refractivity contribution is -0.121. The van der Waals surface area contributed by atoms with Crippen molar-refractivity contribution >= 4 is 22.7 Å². The van der Waals surface area contributed by atoms with E-state index in [-0.39, 0.29) is 12.3 Å². The normalized spacial score (nSPS) is 10.7. The molecule has 0 unspecified atom stereocenters. The van der Waals surface area contributed by atoms with E-state index in [9.17, 15) is 9.59 Å². The van der Waals surface area contributed by atoms with E-state index in [1.54, 1.807) is 30.5 Å². The molecule has 0 spiro atoms. The Balaban J connectivity index is 1.41. The maximum atomic E-state index is 12.4. The van der Waals surface area contributed by atoms with Gasteiger partial charge in [-0.05, 0) is 61.7 Å². The Labute approximate surface area is 192 Å². The predicted molar refractivity (Wildman–Crippen MR) is 128 cm³/mol. The molecule has 2 amide bonds. The summed E-state index contributed by atoms with van der Waals surface area (Å²) in [5.41, 5.74) is 10.5. The molecular formula is C26H26N4O3. The highest BCUT2D eigenvalue weighted by atomic mass is 16.5. The van der Waals surface area contributed by atoms with E-state index in [1.807, 2.05) is 18.2 Å². The topological polar surface area (TPSA) is 96.1 Å². The molecule has 0 fully saturated rings. The minimum atomic E-state index is -0.426. The van der Waals surface area contributed by atoms with Gasteiger partial charge in [0.05, 0.1) is 24.1 Å². The second kappa shape index (κ2) is 9.99. The average molecular weight is 443 g/mol. The van der Waals surface area contributed by atoms with Gasteiger partial charge in [0, 0.05) is 23.5 Å². The van der Waals surface area contributed by atoms with E-state index in [4.69, 9.17) is 4.74 Å². The maximum Gasteiger partial charge on any atom is 0.273 e. The van der Waals surface area contributed by atoms with Crippen LogP contribution < -0.4 is 15.6 Å². The van der Waals surface area contributed by atoms with Crippen LogP contribution in [0, 0.1) is 6.92 Å². The van der Waals surface area contributed by atoms with Crippen LogP contribution in [0.25, 0.3) is 22.3 Å². The molecule has 0 radical (unpaired) electrons. The Bertz CT molecular complexity index is 1280. The number of amides is 2. The SMILES string of the molecule is COc1ccccc1C(=O)NNC(=O)CCCc1c(-c2ccccn2)[nH]c2ccc(C)cc12. The van der Waals surface area contributed by atoms with E-state index >= 15 is 0 Å². The summed E-state index contributed by atoms with van der Waals surface area (Å²) in [5, 5.41) is 1.14. The van der Waals surface area contributed by atoms with Gasteiger partial charge in [-0.2, -0.15) is 0 Å². The summed E-state index contributed by atoms with van der Waals surface area (Å²) in [7, 11) is 1.50. The zero-order valence-corrected chi connectivity index (χ0v) is 18.6. The Morgan fingerprint density at radius 1 is 1.03 bits per heavy atom. The number of nitrogens with one attached hydrogen (secondary N) is 3. The molecule has 0 aliphatic carbocycles. The Morgan fingerprint density at radius 3 is 2.64 bits per heavy atom. The smallest absolute Gasteiger partial charge is 0.273 e. The molecule has 2 aromatic carbocycles. The van der Waals surface area contributed by atoms with Gasteiger partial charge in [-0.3, -0.25) is 25.4 Å². The number of ether oxygens (including phenoxy) is 1. The molecule has 3 N–H and O–H groups in total. The lowest BCUT2D eigenvalue weighted by atomic mass is 10.0. The number of hydrogen-bond donors (Lipinski definition) is 3. The number of carbonyl (C=O) groups excluding carboxylic acids is 2. The largest absolute Gasteiger partial charge is 0.496 e. The molecule has 0 saturated heterocycles. The monoisotopic (exact) mass is 442 g/mol. The molecule has 0 atom stereocenters. The first-order chi connectivity index (χ1) is 16.1. The number of hydrazine groups is 1. The minimum Gasteiger partial charge on any atom is -0.496 e. The number of hydrogen-bond acceptors (Lipinski definition) is 4. The Hall–Kier alpha value is -4.13. The van der Waals surface area contributed by atoms with E-state index in [0.717, 1.165) is 27.9 Å². The summed E-state index contributed by atoms with van der Waals surface area (Å²) in [6.07, 6.45) is 3.36. The first kappa shape index (κ1) is 22.1. The van der Waals surface area contributed by atoms with Gasteiger partial charge in [-0.15, -0.1) is 0 Å². The lowest BCUT2D eigenvalue weighted by Gasteiger charge is -2.10. The first-order valence-corrected chi connectivity index (χ1v) is 10.8. The fourth-order valence-corrected chi connectivity index (χ4v) is 3.86. The number of fused-ring (bicyclic) bond motifs is 1. The molecule has 0 aliphatic heterocycles. The molecule has 4 rings (SSSR count). The number of carbonyl (C=O) groups is 2. The zero-order valence-electron chi connectivity index (χ0n) is 18.6. The number of aromatic amines is 1. The van der Waals surface area contributed by atoms with Gasteiger partial charge in [0.2, 0.25) is 5.91 Å².